The Morgan fingerprint density at radius 2 is 2.00 bits per heavy atom. The lowest BCUT2D eigenvalue weighted by molar-refractivity contribution is 0.315. The van der Waals surface area contributed by atoms with Crippen molar-refractivity contribution in [3.05, 3.63) is 40.8 Å². The summed E-state index contributed by atoms with van der Waals surface area (Å²) in [6.07, 6.45) is 2.17. The zero-order valence-corrected chi connectivity index (χ0v) is 15.6. The van der Waals surface area contributed by atoms with Gasteiger partial charge in [-0.2, -0.15) is 5.26 Å². The summed E-state index contributed by atoms with van der Waals surface area (Å²) in [4.78, 5) is 15.1. The van der Waals surface area contributed by atoms with Crippen LogP contribution in [0.25, 0.3) is 11.2 Å². The van der Waals surface area contributed by atoms with Crippen LogP contribution in [0, 0.1) is 18.3 Å². The number of hydrogen-bond acceptors (Lipinski definition) is 7. The molecule has 3 rings (SSSR count). The second-order valence-electron chi connectivity index (χ2n) is 5.47. The Hall–Kier alpha value is -3.34. The number of nitriles is 1. The zero-order chi connectivity index (χ0) is 19.1. The van der Waals surface area contributed by atoms with E-state index in [4.69, 9.17) is 9.89 Å². The van der Waals surface area contributed by atoms with Crippen molar-refractivity contribution < 1.29 is 4.63 Å². The molecule has 134 valence electrons. The highest BCUT2D eigenvalue weighted by atomic mass is 16.6. The Morgan fingerprint density at radius 1 is 1.23 bits per heavy atom. The van der Waals surface area contributed by atoms with Crippen LogP contribution in [0.2, 0.25) is 0 Å². The van der Waals surface area contributed by atoms with Crippen molar-refractivity contribution in [1.29, 1.82) is 5.26 Å². The summed E-state index contributed by atoms with van der Waals surface area (Å²) in [5.74, 6) is 0. The van der Waals surface area contributed by atoms with Crippen molar-refractivity contribution in [3.63, 3.8) is 0 Å². The number of aryl methyl sites for hydroxylation is 1. The second-order valence-corrected chi connectivity index (χ2v) is 5.47. The second kappa shape index (κ2) is 8.67. The average molecular weight is 351 g/mol. The van der Waals surface area contributed by atoms with E-state index >= 15 is 0 Å². The molecule has 0 atom stereocenters. The fraction of sp³-hybridized carbons (Fsp3) is 0.333. The van der Waals surface area contributed by atoms with E-state index in [-0.39, 0.29) is 0 Å². The molecule has 0 saturated carbocycles. The van der Waals surface area contributed by atoms with Crippen molar-refractivity contribution >= 4 is 23.2 Å². The number of rotatable bonds is 4. The minimum absolute atomic E-state index is 0.376. The molecule has 26 heavy (non-hydrogen) atoms. The lowest BCUT2D eigenvalue weighted by Crippen LogP contribution is -2.08. The van der Waals surface area contributed by atoms with Crippen molar-refractivity contribution in [2.45, 2.75) is 27.2 Å². The third-order valence-electron chi connectivity index (χ3n) is 3.39. The van der Waals surface area contributed by atoms with Crippen LogP contribution in [0.3, 0.4) is 0 Å². The molecule has 0 spiro atoms. The van der Waals surface area contributed by atoms with Gasteiger partial charge < -0.3 is 4.90 Å². The molecule has 0 N–H and O–H groups in total. The predicted octanol–water partition coefficient (Wildman–Crippen LogP) is 3.03. The Balaban J connectivity index is 0.00000117. The average Bonchev–Trinajstić information content (AvgIpc) is 3.11. The van der Waals surface area contributed by atoms with Crippen molar-refractivity contribution in [1.82, 2.24) is 25.2 Å². The molecule has 8 nitrogen and oxygen atoms in total. The van der Waals surface area contributed by atoms with E-state index in [1.54, 1.807) is 12.4 Å². The van der Waals surface area contributed by atoms with Gasteiger partial charge >= 0.3 is 0 Å². The quantitative estimate of drug-likeness (QED) is 0.525. The van der Waals surface area contributed by atoms with Crippen LogP contribution >= 0.6 is 0 Å². The van der Waals surface area contributed by atoms with E-state index in [1.807, 2.05) is 58.0 Å². The first-order valence-electron chi connectivity index (χ1n) is 8.27. The van der Waals surface area contributed by atoms with E-state index in [9.17, 15) is 0 Å². The van der Waals surface area contributed by atoms with Gasteiger partial charge in [0.15, 0.2) is 5.52 Å². The van der Waals surface area contributed by atoms with Gasteiger partial charge in [0.1, 0.15) is 17.5 Å². The molecule has 0 bridgehead atoms. The van der Waals surface area contributed by atoms with Gasteiger partial charge in [0.2, 0.25) is 5.65 Å². The normalized spacial score (nSPS) is 10.5. The molecule has 0 aliphatic heterocycles. The first-order chi connectivity index (χ1) is 12.6. The first kappa shape index (κ1) is 19.0. The van der Waals surface area contributed by atoms with Crippen molar-refractivity contribution in [2.75, 3.05) is 14.1 Å². The zero-order valence-electron chi connectivity index (χ0n) is 15.6. The Morgan fingerprint density at radius 3 is 2.69 bits per heavy atom. The number of aliphatic imine (C=N–C) groups is 1. The van der Waals surface area contributed by atoms with Gasteiger partial charge in [-0.3, -0.25) is 0 Å². The molecule has 0 saturated heterocycles. The molecule has 0 fully saturated rings. The van der Waals surface area contributed by atoms with Crippen LogP contribution in [0.1, 0.15) is 36.5 Å². The summed E-state index contributed by atoms with van der Waals surface area (Å²) in [7, 11) is 3.76. The number of nitrogens with zero attached hydrogens (tertiary/aromatic N) is 7. The van der Waals surface area contributed by atoms with Crippen LogP contribution in [-0.4, -0.2) is 45.6 Å². The first-order valence-corrected chi connectivity index (χ1v) is 8.27. The lowest BCUT2D eigenvalue weighted by Gasteiger charge is -2.10. The van der Waals surface area contributed by atoms with Crippen LogP contribution in [0.15, 0.2) is 27.8 Å². The molecule has 8 heteroatoms. The molecule has 3 aromatic rings. The number of fused-ring (bicyclic) bond motifs is 1. The number of pyridine rings is 2. The van der Waals surface area contributed by atoms with Crippen LogP contribution in [0.5, 0.6) is 0 Å². The van der Waals surface area contributed by atoms with Gasteiger partial charge in [-0.05, 0) is 29.4 Å². The van der Waals surface area contributed by atoms with E-state index < -0.39 is 0 Å². The highest BCUT2D eigenvalue weighted by Crippen LogP contribution is 2.30. The molecular formula is C18H21N7O. The van der Waals surface area contributed by atoms with Gasteiger partial charge in [0, 0.05) is 37.5 Å². The minimum Gasteiger partial charge on any atom is -0.369 e. The van der Waals surface area contributed by atoms with Crippen molar-refractivity contribution in [3.8, 4) is 6.07 Å². The van der Waals surface area contributed by atoms with Crippen LogP contribution < -0.4 is 0 Å². The summed E-state index contributed by atoms with van der Waals surface area (Å²) >= 11 is 0. The van der Waals surface area contributed by atoms with Crippen LogP contribution in [0.4, 0.5) is 5.69 Å². The number of hydrogen-bond donors (Lipinski definition) is 0. The molecule has 0 amide bonds. The summed E-state index contributed by atoms with van der Waals surface area (Å²) in [5.41, 5.74) is 4.35. The molecule has 3 heterocycles. The summed E-state index contributed by atoms with van der Waals surface area (Å²) in [5, 5.41) is 16.7. The lowest BCUT2D eigenvalue weighted by atomic mass is 10.0. The van der Waals surface area contributed by atoms with Gasteiger partial charge in [-0.1, -0.05) is 19.9 Å². The van der Waals surface area contributed by atoms with Crippen LogP contribution in [-0.2, 0) is 6.42 Å². The van der Waals surface area contributed by atoms with Gasteiger partial charge in [0.25, 0.3) is 0 Å². The van der Waals surface area contributed by atoms with Crippen molar-refractivity contribution in [2.24, 2.45) is 4.99 Å². The SMILES string of the molecule is CC.Cc1nc2nonc2c(N=CN(C)C)c1Cc1cccc(C#N)n1. The van der Waals surface area contributed by atoms with Gasteiger partial charge in [-0.25, -0.2) is 19.6 Å². The Kier molecular flexibility index (Phi) is 6.33. The molecule has 0 aliphatic carbocycles. The van der Waals surface area contributed by atoms with Gasteiger partial charge in [-0.15, -0.1) is 0 Å². The largest absolute Gasteiger partial charge is 0.369 e. The third-order valence-corrected chi connectivity index (χ3v) is 3.39. The summed E-state index contributed by atoms with van der Waals surface area (Å²) in [6.45, 7) is 5.88. The van der Waals surface area contributed by atoms with E-state index in [2.05, 4.69) is 25.3 Å². The Labute approximate surface area is 152 Å². The van der Waals surface area contributed by atoms with Gasteiger partial charge in [0.05, 0.1) is 6.34 Å². The Bertz CT molecular complexity index is 954. The molecule has 0 unspecified atom stereocenters. The molecule has 3 aromatic heterocycles. The fourth-order valence-corrected chi connectivity index (χ4v) is 2.29. The third kappa shape index (κ3) is 4.19. The highest BCUT2D eigenvalue weighted by molar-refractivity contribution is 5.87. The monoisotopic (exact) mass is 351 g/mol. The molecular weight excluding hydrogens is 330 g/mol. The van der Waals surface area contributed by atoms with E-state index in [0.717, 1.165) is 17.0 Å². The summed E-state index contributed by atoms with van der Waals surface area (Å²) < 4.78 is 4.80. The topological polar surface area (TPSA) is 104 Å². The molecule has 0 aromatic carbocycles. The molecule has 0 radical (unpaired) electrons. The maximum atomic E-state index is 9.01. The number of aromatic nitrogens is 4. The fourth-order valence-electron chi connectivity index (χ4n) is 2.29. The minimum atomic E-state index is 0.376. The molecule has 0 aliphatic rings. The smallest absolute Gasteiger partial charge is 0.226 e. The highest BCUT2D eigenvalue weighted by Gasteiger charge is 2.17. The summed E-state index contributed by atoms with van der Waals surface area (Å²) in [6, 6.07) is 7.39. The van der Waals surface area contributed by atoms with E-state index in [0.29, 0.717) is 29.0 Å². The van der Waals surface area contributed by atoms with E-state index in [1.165, 1.54) is 0 Å². The maximum absolute atomic E-state index is 9.01. The standard InChI is InChI=1S/C16H15N7O.C2H6/c1-10-13(7-11-5-4-6-12(8-17)20-11)14(18-9-23(2)3)15-16(19-10)22-24-21-15;1-2/h4-6,9H,7H2,1-3H3;1-2H3. The predicted molar refractivity (Wildman–Crippen MR) is 99.3 cm³/mol. The maximum Gasteiger partial charge on any atom is 0.226 e.